The zero-order valence-electron chi connectivity index (χ0n) is 19.2. The first-order valence-corrected chi connectivity index (χ1v) is 11.5. The first-order chi connectivity index (χ1) is 16.0. The SMILES string of the molecule is COc1cc(-c2c(-c3ccccc3)nn(C[C@H]3CC[C@@H](COCC(=O)O)CC3)c2C)ccn1. The van der Waals surface area contributed by atoms with Gasteiger partial charge in [-0.1, -0.05) is 30.3 Å². The number of ether oxygens (including phenoxy) is 2. The van der Waals surface area contributed by atoms with Crippen molar-refractivity contribution in [3.8, 4) is 28.3 Å². The minimum atomic E-state index is -0.908. The predicted octanol–water partition coefficient (Wildman–Crippen LogP) is 4.84. The molecule has 1 aliphatic rings. The van der Waals surface area contributed by atoms with Crippen LogP contribution < -0.4 is 4.74 Å². The third-order valence-electron chi connectivity index (χ3n) is 6.46. The molecule has 1 N–H and O–H groups in total. The van der Waals surface area contributed by atoms with Crippen molar-refractivity contribution in [1.29, 1.82) is 0 Å². The van der Waals surface area contributed by atoms with Crippen molar-refractivity contribution < 1.29 is 19.4 Å². The van der Waals surface area contributed by atoms with Crippen molar-refractivity contribution in [3.05, 3.63) is 54.4 Å². The number of aromatic nitrogens is 3. The Balaban J connectivity index is 1.54. The molecule has 2 aromatic heterocycles. The Hall–Kier alpha value is -3.19. The number of rotatable bonds is 9. The Morgan fingerprint density at radius 3 is 2.52 bits per heavy atom. The van der Waals surface area contributed by atoms with Crippen LogP contribution in [0.2, 0.25) is 0 Å². The van der Waals surface area contributed by atoms with Crippen LogP contribution in [0.1, 0.15) is 31.4 Å². The van der Waals surface area contributed by atoms with Gasteiger partial charge in [0.15, 0.2) is 0 Å². The molecular formula is C26H31N3O4. The summed E-state index contributed by atoms with van der Waals surface area (Å²) < 4.78 is 12.8. The number of carboxylic acids is 1. The number of carboxylic acid groups (broad SMARTS) is 1. The van der Waals surface area contributed by atoms with Gasteiger partial charge in [0.1, 0.15) is 12.3 Å². The summed E-state index contributed by atoms with van der Waals surface area (Å²) in [6, 6.07) is 14.2. The van der Waals surface area contributed by atoms with Gasteiger partial charge in [0.25, 0.3) is 0 Å². The standard InChI is InChI=1S/C26H31N3O4/c1-18-25(22-12-13-27-23(14-22)32-2)26(21-6-4-3-5-7-21)28-29(18)15-19-8-10-20(11-9-19)16-33-17-24(30)31/h3-7,12-14,19-20H,8-11,15-17H2,1-2H3,(H,30,31)/t19-,20+. The lowest BCUT2D eigenvalue weighted by molar-refractivity contribution is -0.142. The Kier molecular flexibility index (Phi) is 7.40. The molecule has 1 fully saturated rings. The number of aliphatic carboxylic acids is 1. The van der Waals surface area contributed by atoms with Gasteiger partial charge in [0.2, 0.25) is 5.88 Å². The maximum absolute atomic E-state index is 10.7. The van der Waals surface area contributed by atoms with Gasteiger partial charge in [-0.3, -0.25) is 4.68 Å². The normalized spacial score (nSPS) is 18.2. The fraction of sp³-hybridized carbons (Fsp3) is 0.423. The van der Waals surface area contributed by atoms with Crippen LogP contribution in [-0.2, 0) is 16.1 Å². The first kappa shape index (κ1) is 23.0. The van der Waals surface area contributed by atoms with Crippen molar-refractivity contribution in [2.24, 2.45) is 11.8 Å². The number of carbonyl (C=O) groups is 1. The van der Waals surface area contributed by atoms with Crippen LogP contribution in [0.4, 0.5) is 0 Å². The molecule has 1 saturated carbocycles. The molecule has 0 saturated heterocycles. The highest BCUT2D eigenvalue weighted by Crippen LogP contribution is 2.37. The monoisotopic (exact) mass is 449 g/mol. The number of nitrogens with zero attached hydrogens (tertiary/aromatic N) is 3. The molecule has 174 valence electrons. The number of benzene rings is 1. The molecule has 0 amide bonds. The van der Waals surface area contributed by atoms with E-state index in [1.807, 2.05) is 30.3 Å². The minimum absolute atomic E-state index is 0.211. The summed E-state index contributed by atoms with van der Waals surface area (Å²) in [6.07, 6.45) is 6.08. The number of hydrogen-bond donors (Lipinski definition) is 1. The maximum atomic E-state index is 10.7. The highest BCUT2D eigenvalue weighted by molar-refractivity contribution is 5.82. The zero-order valence-corrected chi connectivity index (χ0v) is 19.2. The van der Waals surface area contributed by atoms with E-state index in [0.717, 1.165) is 60.3 Å². The lowest BCUT2D eigenvalue weighted by Crippen LogP contribution is -2.23. The van der Waals surface area contributed by atoms with Gasteiger partial charge in [-0.05, 0) is 56.1 Å². The average molecular weight is 450 g/mol. The van der Waals surface area contributed by atoms with Gasteiger partial charge in [0.05, 0.1) is 13.7 Å². The first-order valence-electron chi connectivity index (χ1n) is 11.5. The molecule has 0 bridgehead atoms. The molecule has 0 unspecified atom stereocenters. The zero-order chi connectivity index (χ0) is 23.2. The molecule has 7 nitrogen and oxygen atoms in total. The molecule has 2 heterocycles. The largest absolute Gasteiger partial charge is 0.481 e. The number of methoxy groups -OCH3 is 1. The van der Waals surface area contributed by atoms with Gasteiger partial charge in [-0.2, -0.15) is 5.10 Å². The number of hydrogen-bond acceptors (Lipinski definition) is 5. The second-order valence-corrected chi connectivity index (χ2v) is 8.74. The fourth-order valence-electron chi connectivity index (χ4n) is 4.68. The van der Waals surface area contributed by atoms with Crippen LogP contribution in [0.5, 0.6) is 5.88 Å². The van der Waals surface area contributed by atoms with Crippen molar-refractivity contribution in [1.82, 2.24) is 14.8 Å². The van der Waals surface area contributed by atoms with Crippen LogP contribution in [-0.4, -0.2) is 46.2 Å². The summed E-state index contributed by atoms with van der Waals surface area (Å²) in [4.78, 5) is 14.9. The van der Waals surface area contributed by atoms with E-state index in [0.29, 0.717) is 24.3 Å². The fourth-order valence-corrected chi connectivity index (χ4v) is 4.68. The molecule has 1 aliphatic carbocycles. The maximum Gasteiger partial charge on any atom is 0.329 e. The molecule has 3 aromatic rings. The van der Waals surface area contributed by atoms with Gasteiger partial charge in [-0.15, -0.1) is 0 Å². The summed E-state index contributed by atoms with van der Waals surface area (Å²) in [6.45, 7) is 3.33. The van der Waals surface area contributed by atoms with E-state index in [1.165, 1.54) is 0 Å². The molecule has 0 radical (unpaired) electrons. The molecule has 33 heavy (non-hydrogen) atoms. The van der Waals surface area contributed by atoms with E-state index in [1.54, 1.807) is 13.3 Å². The third kappa shape index (κ3) is 5.60. The van der Waals surface area contributed by atoms with E-state index in [9.17, 15) is 4.79 Å². The van der Waals surface area contributed by atoms with Crippen molar-refractivity contribution in [2.45, 2.75) is 39.2 Å². The van der Waals surface area contributed by atoms with E-state index in [2.05, 4.69) is 28.7 Å². The van der Waals surface area contributed by atoms with Crippen molar-refractivity contribution in [3.63, 3.8) is 0 Å². The predicted molar refractivity (Wildman–Crippen MR) is 126 cm³/mol. The summed E-state index contributed by atoms with van der Waals surface area (Å²) in [7, 11) is 1.63. The van der Waals surface area contributed by atoms with Crippen LogP contribution in [0, 0.1) is 18.8 Å². The van der Waals surface area contributed by atoms with E-state index in [-0.39, 0.29) is 6.61 Å². The summed E-state index contributed by atoms with van der Waals surface area (Å²) in [5.41, 5.74) is 5.34. The van der Waals surface area contributed by atoms with Crippen LogP contribution in [0.15, 0.2) is 48.7 Å². The molecule has 1 aromatic carbocycles. The smallest absolute Gasteiger partial charge is 0.329 e. The van der Waals surface area contributed by atoms with Gasteiger partial charge in [-0.25, -0.2) is 9.78 Å². The Labute approximate surface area is 194 Å². The average Bonchev–Trinajstić information content (AvgIpc) is 3.16. The minimum Gasteiger partial charge on any atom is -0.481 e. The molecule has 4 rings (SSSR count). The second kappa shape index (κ2) is 10.6. The Morgan fingerprint density at radius 1 is 1.09 bits per heavy atom. The number of pyridine rings is 1. The Bertz CT molecular complexity index is 1070. The summed E-state index contributed by atoms with van der Waals surface area (Å²) >= 11 is 0. The van der Waals surface area contributed by atoms with Gasteiger partial charge in [0, 0.05) is 35.6 Å². The summed E-state index contributed by atoms with van der Waals surface area (Å²) in [5.74, 6) is 0.665. The highest BCUT2D eigenvalue weighted by atomic mass is 16.5. The van der Waals surface area contributed by atoms with Crippen LogP contribution >= 0.6 is 0 Å². The van der Waals surface area contributed by atoms with Crippen LogP contribution in [0.3, 0.4) is 0 Å². The lowest BCUT2D eigenvalue weighted by Gasteiger charge is -2.28. The van der Waals surface area contributed by atoms with Crippen molar-refractivity contribution in [2.75, 3.05) is 20.3 Å². The topological polar surface area (TPSA) is 86.5 Å². The van der Waals surface area contributed by atoms with Crippen molar-refractivity contribution >= 4 is 5.97 Å². The van der Waals surface area contributed by atoms with E-state index >= 15 is 0 Å². The molecule has 0 atom stereocenters. The molecule has 0 aliphatic heterocycles. The second-order valence-electron chi connectivity index (χ2n) is 8.74. The highest BCUT2D eigenvalue weighted by Gasteiger charge is 2.25. The quantitative estimate of drug-likeness (QED) is 0.503. The lowest BCUT2D eigenvalue weighted by atomic mass is 9.82. The molecule has 7 heteroatoms. The van der Waals surface area contributed by atoms with Gasteiger partial charge >= 0.3 is 5.97 Å². The van der Waals surface area contributed by atoms with E-state index in [4.69, 9.17) is 19.7 Å². The van der Waals surface area contributed by atoms with Crippen LogP contribution in [0.25, 0.3) is 22.4 Å². The third-order valence-corrected chi connectivity index (χ3v) is 6.46. The Morgan fingerprint density at radius 2 is 1.82 bits per heavy atom. The molecular weight excluding hydrogens is 418 g/mol. The van der Waals surface area contributed by atoms with Gasteiger partial charge < -0.3 is 14.6 Å². The summed E-state index contributed by atoms with van der Waals surface area (Å²) in [5, 5.41) is 13.8. The molecule has 0 spiro atoms. The van der Waals surface area contributed by atoms with E-state index < -0.39 is 5.97 Å².